The molecule has 6 nitrogen and oxygen atoms in total. The Hall–Kier alpha value is -2.33. The van der Waals surface area contributed by atoms with Crippen molar-refractivity contribution >= 4 is 22.5 Å². The van der Waals surface area contributed by atoms with Crippen LogP contribution in [0.4, 0.5) is 23.1 Å². The summed E-state index contributed by atoms with van der Waals surface area (Å²) in [7, 11) is 0. The smallest absolute Gasteiger partial charge is 0.367 e. The highest BCUT2D eigenvalue weighted by Gasteiger charge is 2.27. The Morgan fingerprint density at radius 1 is 1.14 bits per heavy atom. The molecule has 0 saturated carbocycles. The van der Waals surface area contributed by atoms with Crippen LogP contribution in [0.2, 0.25) is 0 Å². The number of hydrogen-bond donors (Lipinski definition) is 1. The Kier molecular flexibility index (Phi) is 6.74. The summed E-state index contributed by atoms with van der Waals surface area (Å²) in [6.45, 7) is 1.73. The molecule has 2 aromatic rings. The van der Waals surface area contributed by atoms with Gasteiger partial charge in [0.05, 0.1) is 6.61 Å². The lowest BCUT2D eigenvalue weighted by Crippen LogP contribution is -2.51. The van der Waals surface area contributed by atoms with Crippen molar-refractivity contribution in [1.29, 1.82) is 0 Å². The standard InChI is InChI=1S/C18H21F3N4O2S/c19-18(20,21)13-27-12-15-3-1-14(2-4-15)11-23-16(26)24-6-8-25(9-7-24)17-22-5-10-28-17/h1-5,10H,6-9,11-13H2,(H,23,26). The number of urea groups is 1. The Morgan fingerprint density at radius 3 is 2.43 bits per heavy atom. The van der Waals surface area contributed by atoms with Crippen LogP contribution in [-0.2, 0) is 17.9 Å². The van der Waals surface area contributed by atoms with Gasteiger partial charge in [-0.25, -0.2) is 9.78 Å². The molecule has 152 valence electrons. The number of alkyl halides is 3. The van der Waals surface area contributed by atoms with Crippen molar-refractivity contribution in [3.63, 3.8) is 0 Å². The molecule has 0 spiro atoms. The van der Waals surface area contributed by atoms with E-state index in [9.17, 15) is 18.0 Å². The summed E-state index contributed by atoms with van der Waals surface area (Å²) in [6.07, 6.45) is -2.55. The van der Waals surface area contributed by atoms with Crippen molar-refractivity contribution in [2.75, 3.05) is 37.7 Å². The number of aromatic nitrogens is 1. The molecule has 1 aromatic heterocycles. The summed E-state index contributed by atoms with van der Waals surface area (Å²) >= 11 is 1.58. The molecule has 10 heteroatoms. The number of hydrogen-bond acceptors (Lipinski definition) is 5. The van der Waals surface area contributed by atoms with E-state index >= 15 is 0 Å². The summed E-state index contributed by atoms with van der Waals surface area (Å²) in [5.41, 5.74) is 1.52. The third-order valence-corrected chi connectivity index (χ3v) is 5.09. The number of anilines is 1. The Labute approximate surface area is 164 Å². The van der Waals surface area contributed by atoms with Crippen LogP contribution >= 0.6 is 11.3 Å². The van der Waals surface area contributed by atoms with Crippen LogP contribution in [0.25, 0.3) is 0 Å². The second kappa shape index (κ2) is 9.24. The number of carbonyl (C=O) groups is 1. The first-order valence-corrected chi connectivity index (χ1v) is 9.68. The molecule has 0 bridgehead atoms. The van der Waals surface area contributed by atoms with Gasteiger partial charge >= 0.3 is 12.2 Å². The van der Waals surface area contributed by atoms with E-state index in [4.69, 9.17) is 0 Å². The third-order valence-electron chi connectivity index (χ3n) is 4.26. The van der Waals surface area contributed by atoms with Crippen LogP contribution in [0.15, 0.2) is 35.8 Å². The summed E-state index contributed by atoms with van der Waals surface area (Å²) in [5.74, 6) is 0. The molecule has 28 heavy (non-hydrogen) atoms. The molecular formula is C18H21F3N4O2S. The number of thiazole rings is 1. The van der Waals surface area contributed by atoms with Crippen molar-refractivity contribution < 1.29 is 22.7 Å². The minimum absolute atomic E-state index is 0.102. The van der Waals surface area contributed by atoms with Crippen LogP contribution in [0.5, 0.6) is 0 Å². The summed E-state index contributed by atoms with van der Waals surface area (Å²) in [4.78, 5) is 20.5. The lowest BCUT2D eigenvalue weighted by molar-refractivity contribution is -0.176. The maximum Gasteiger partial charge on any atom is 0.411 e. The fraction of sp³-hybridized carbons (Fsp3) is 0.444. The lowest BCUT2D eigenvalue weighted by Gasteiger charge is -2.34. The molecule has 1 N–H and O–H groups in total. The van der Waals surface area contributed by atoms with E-state index in [0.29, 0.717) is 25.2 Å². The quantitative estimate of drug-likeness (QED) is 0.789. The van der Waals surface area contributed by atoms with Crippen LogP contribution in [0, 0.1) is 0 Å². The number of ether oxygens (including phenoxy) is 1. The Morgan fingerprint density at radius 2 is 1.82 bits per heavy atom. The fourth-order valence-electron chi connectivity index (χ4n) is 2.80. The summed E-state index contributed by atoms with van der Waals surface area (Å²) in [6, 6.07) is 6.81. The van der Waals surface area contributed by atoms with Gasteiger partial charge in [-0.3, -0.25) is 0 Å². The second-order valence-electron chi connectivity index (χ2n) is 6.37. The number of piperazine rings is 1. The largest absolute Gasteiger partial charge is 0.411 e. The van der Waals surface area contributed by atoms with E-state index in [1.807, 2.05) is 5.38 Å². The molecule has 2 amide bonds. The first-order chi connectivity index (χ1) is 13.4. The van der Waals surface area contributed by atoms with Gasteiger partial charge in [0.1, 0.15) is 6.61 Å². The number of benzene rings is 1. The van der Waals surface area contributed by atoms with Gasteiger partial charge in [-0.1, -0.05) is 24.3 Å². The van der Waals surface area contributed by atoms with Crippen LogP contribution in [0.3, 0.4) is 0 Å². The van der Waals surface area contributed by atoms with Gasteiger partial charge in [0.15, 0.2) is 5.13 Å². The summed E-state index contributed by atoms with van der Waals surface area (Å²) in [5, 5.41) is 5.78. The van der Waals surface area contributed by atoms with Crippen molar-refractivity contribution in [3.05, 3.63) is 47.0 Å². The minimum Gasteiger partial charge on any atom is -0.367 e. The number of nitrogens with zero attached hydrogens (tertiary/aromatic N) is 3. The van der Waals surface area contributed by atoms with Crippen molar-refractivity contribution in [2.45, 2.75) is 19.3 Å². The third kappa shape index (κ3) is 6.10. The molecule has 3 rings (SSSR count). The van der Waals surface area contributed by atoms with Gasteiger partial charge in [-0.2, -0.15) is 13.2 Å². The molecule has 1 aliphatic heterocycles. The highest BCUT2D eigenvalue weighted by molar-refractivity contribution is 7.13. The van der Waals surface area contributed by atoms with E-state index in [1.54, 1.807) is 46.7 Å². The fourth-order valence-corrected chi connectivity index (χ4v) is 3.50. The maximum absolute atomic E-state index is 12.3. The van der Waals surface area contributed by atoms with Crippen molar-refractivity contribution in [2.24, 2.45) is 0 Å². The molecule has 1 fully saturated rings. The van der Waals surface area contributed by atoms with Gasteiger partial charge in [-0.05, 0) is 11.1 Å². The average Bonchev–Trinajstić information content (AvgIpc) is 3.21. The normalized spacial score (nSPS) is 15.0. The van der Waals surface area contributed by atoms with Gasteiger partial charge in [0.2, 0.25) is 0 Å². The monoisotopic (exact) mass is 414 g/mol. The zero-order valence-electron chi connectivity index (χ0n) is 15.1. The topological polar surface area (TPSA) is 57.7 Å². The Bertz CT molecular complexity index is 745. The van der Waals surface area contributed by atoms with Crippen molar-refractivity contribution in [3.8, 4) is 0 Å². The number of amides is 2. The van der Waals surface area contributed by atoms with Gasteiger partial charge in [-0.15, -0.1) is 11.3 Å². The highest BCUT2D eigenvalue weighted by Crippen LogP contribution is 2.19. The maximum atomic E-state index is 12.3. The molecule has 1 aromatic carbocycles. The van der Waals surface area contributed by atoms with E-state index in [0.717, 1.165) is 23.8 Å². The summed E-state index contributed by atoms with van der Waals surface area (Å²) < 4.78 is 40.8. The van der Waals surface area contributed by atoms with Gasteiger partial charge in [0, 0.05) is 44.3 Å². The van der Waals surface area contributed by atoms with Crippen LogP contribution in [0.1, 0.15) is 11.1 Å². The predicted molar refractivity (Wildman–Crippen MR) is 100 cm³/mol. The molecule has 0 aliphatic carbocycles. The van der Waals surface area contributed by atoms with Gasteiger partial charge < -0.3 is 19.9 Å². The van der Waals surface area contributed by atoms with E-state index in [-0.39, 0.29) is 12.6 Å². The van der Waals surface area contributed by atoms with Crippen LogP contribution in [-0.4, -0.2) is 54.9 Å². The number of carbonyl (C=O) groups excluding carboxylic acids is 1. The van der Waals surface area contributed by atoms with E-state index in [1.165, 1.54) is 0 Å². The second-order valence-corrected chi connectivity index (χ2v) is 7.24. The number of rotatable bonds is 6. The zero-order valence-corrected chi connectivity index (χ0v) is 15.9. The molecule has 1 saturated heterocycles. The first kappa shape index (κ1) is 20.4. The Balaban J connectivity index is 1.39. The predicted octanol–water partition coefficient (Wildman–Crippen LogP) is 3.25. The molecule has 0 radical (unpaired) electrons. The highest BCUT2D eigenvalue weighted by atomic mass is 32.1. The minimum atomic E-state index is -4.32. The van der Waals surface area contributed by atoms with E-state index < -0.39 is 12.8 Å². The molecule has 1 aliphatic rings. The molecule has 0 atom stereocenters. The van der Waals surface area contributed by atoms with Gasteiger partial charge in [0.25, 0.3) is 0 Å². The number of nitrogens with one attached hydrogen (secondary N) is 1. The lowest BCUT2D eigenvalue weighted by atomic mass is 10.1. The molecule has 0 unspecified atom stereocenters. The van der Waals surface area contributed by atoms with E-state index in [2.05, 4.69) is 19.9 Å². The molecule has 2 heterocycles. The SMILES string of the molecule is O=C(NCc1ccc(COCC(F)(F)F)cc1)N1CCN(c2nccs2)CC1. The van der Waals surface area contributed by atoms with Crippen LogP contribution < -0.4 is 10.2 Å². The number of halogens is 3. The first-order valence-electron chi connectivity index (χ1n) is 8.80. The molecular weight excluding hydrogens is 393 g/mol. The van der Waals surface area contributed by atoms with Crippen molar-refractivity contribution in [1.82, 2.24) is 15.2 Å². The zero-order chi connectivity index (χ0) is 20.0. The average molecular weight is 414 g/mol.